The molecular weight excluding hydrogens is 406 g/mol. The number of dihydropyridines is 1. The second-order valence-corrected chi connectivity index (χ2v) is 7.04. The lowest BCUT2D eigenvalue weighted by Crippen LogP contribution is -2.29. The number of halogens is 1. The minimum Gasteiger partial charge on any atom is -0.469 e. The number of hydrogen-bond donors (Lipinski definition) is 1. The van der Waals surface area contributed by atoms with Gasteiger partial charge in [-0.3, -0.25) is 4.79 Å². The summed E-state index contributed by atoms with van der Waals surface area (Å²) in [5, 5.41) is 3.72. The van der Waals surface area contributed by atoms with Gasteiger partial charge in [0, 0.05) is 10.7 Å². The Kier molecular flexibility index (Phi) is 6.79. The van der Waals surface area contributed by atoms with Gasteiger partial charge in [-0.25, -0.2) is 4.79 Å². The molecule has 2 aromatic carbocycles. The van der Waals surface area contributed by atoms with Gasteiger partial charge >= 0.3 is 12.1 Å². The summed E-state index contributed by atoms with van der Waals surface area (Å²) in [5.41, 5.74) is 3.75. The van der Waals surface area contributed by atoms with Crippen molar-refractivity contribution in [1.29, 1.82) is 0 Å². The van der Waals surface area contributed by atoms with E-state index in [-0.39, 0.29) is 12.2 Å². The van der Waals surface area contributed by atoms with Crippen LogP contribution in [0.3, 0.4) is 0 Å². The van der Waals surface area contributed by atoms with Gasteiger partial charge in [-0.2, -0.15) is 0 Å². The molecule has 30 heavy (non-hydrogen) atoms. The Hall–Kier alpha value is -3.25. The fourth-order valence-corrected chi connectivity index (χ4v) is 3.73. The molecule has 0 amide bonds. The third-order valence-corrected chi connectivity index (χ3v) is 5.14. The zero-order valence-corrected chi connectivity index (χ0v) is 17.7. The Morgan fingerprint density at radius 1 is 1.00 bits per heavy atom. The van der Waals surface area contributed by atoms with Gasteiger partial charge < -0.3 is 19.5 Å². The van der Waals surface area contributed by atoms with Crippen molar-refractivity contribution in [3.63, 3.8) is 0 Å². The Labute approximate surface area is 180 Å². The first-order chi connectivity index (χ1) is 14.5. The topological polar surface area (TPSA) is 73.9 Å². The fraction of sp³-hybridized carbons (Fsp3) is 0.217. The molecule has 0 aromatic heterocycles. The van der Waals surface area contributed by atoms with E-state index < -0.39 is 18.0 Å². The number of methoxy groups -OCH3 is 2. The first kappa shape index (κ1) is 21.5. The van der Waals surface area contributed by atoms with Gasteiger partial charge in [-0.05, 0) is 29.7 Å². The summed E-state index contributed by atoms with van der Waals surface area (Å²) < 4.78 is 15.1. The summed E-state index contributed by atoms with van der Waals surface area (Å²) in [6.45, 7) is 1.90. The zero-order valence-electron chi connectivity index (χ0n) is 16.9. The molecule has 0 aliphatic carbocycles. The van der Waals surface area contributed by atoms with Gasteiger partial charge in [0.15, 0.2) is 0 Å². The summed E-state index contributed by atoms with van der Waals surface area (Å²) >= 11 is 6.55. The fourth-order valence-electron chi connectivity index (χ4n) is 3.48. The van der Waals surface area contributed by atoms with E-state index in [1.54, 1.807) is 6.07 Å². The minimum absolute atomic E-state index is 0.108. The number of allylic oxidation sites excluding steroid dienone is 2. The third-order valence-electron chi connectivity index (χ3n) is 4.80. The van der Waals surface area contributed by atoms with Crippen molar-refractivity contribution in [3.8, 4) is 0 Å². The van der Waals surface area contributed by atoms with Crippen molar-refractivity contribution < 1.29 is 23.8 Å². The highest BCUT2D eigenvalue weighted by Gasteiger charge is 2.36. The van der Waals surface area contributed by atoms with Crippen molar-refractivity contribution in [2.24, 2.45) is 0 Å². The molecule has 1 aliphatic rings. The summed E-state index contributed by atoms with van der Waals surface area (Å²) in [5.74, 6) is -0.775. The van der Waals surface area contributed by atoms with Crippen LogP contribution >= 0.6 is 11.6 Å². The maximum Gasteiger partial charge on any atom is 0.513 e. The number of carbonyl (C=O) groups excluding carboxylic acids is 2. The summed E-state index contributed by atoms with van der Waals surface area (Å²) in [6.07, 6.45) is -0.999. The van der Waals surface area contributed by atoms with Crippen LogP contribution in [0.5, 0.6) is 0 Å². The average molecular weight is 428 g/mol. The molecule has 0 spiro atoms. The molecule has 0 bridgehead atoms. The van der Waals surface area contributed by atoms with Gasteiger partial charge in [-0.15, -0.1) is 0 Å². The third kappa shape index (κ3) is 4.49. The van der Waals surface area contributed by atoms with Gasteiger partial charge in [0.1, 0.15) is 5.76 Å². The van der Waals surface area contributed by atoms with Crippen LogP contribution in [0.4, 0.5) is 4.79 Å². The molecule has 1 atom stereocenters. The van der Waals surface area contributed by atoms with Gasteiger partial charge in [0.2, 0.25) is 0 Å². The van der Waals surface area contributed by atoms with Crippen LogP contribution in [0.1, 0.15) is 30.4 Å². The molecule has 0 saturated heterocycles. The van der Waals surface area contributed by atoms with E-state index in [9.17, 15) is 9.59 Å². The Morgan fingerprint density at radius 2 is 1.67 bits per heavy atom. The number of nitrogens with one attached hydrogen (secondary N) is 1. The van der Waals surface area contributed by atoms with Gasteiger partial charge in [0.05, 0.1) is 32.3 Å². The second-order valence-electron chi connectivity index (χ2n) is 6.64. The Morgan fingerprint density at radius 3 is 2.30 bits per heavy atom. The number of rotatable bonds is 5. The maximum absolute atomic E-state index is 12.1. The molecule has 1 aliphatic heterocycles. The highest BCUT2D eigenvalue weighted by Crippen LogP contribution is 2.46. The number of benzene rings is 2. The Balaban J connectivity index is 2.25. The zero-order chi connectivity index (χ0) is 21.7. The van der Waals surface area contributed by atoms with Crippen molar-refractivity contribution in [2.75, 3.05) is 14.2 Å². The van der Waals surface area contributed by atoms with Crippen LogP contribution in [-0.4, -0.2) is 26.3 Å². The quantitative estimate of drug-likeness (QED) is 0.675. The lowest BCUT2D eigenvalue weighted by atomic mass is 9.81. The molecule has 1 unspecified atom stereocenters. The molecule has 2 aromatic rings. The van der Waals surface area contributed by atoms with Crippen molar-refractivity contribution in [2.45, 2.75) is 19.3 Å². The van der Waals surface area contributed by atoms with Crippen LogP contribution in [-0.2, 0) is 19.0 Å². The van der Waals surface area contributed by atoms with E-state index in [2.05, 4.69) is 5.32 Å². The standard InChI is InChI=1S/C23H22ClNO5/c1-14-20(15-9-5-4-6-10-15)21(16-11-7-8-12-17(16)24)22(30-23(27)29-3)18(25-14)13-19(26)28-2/h4-12,21,25H,13H2,1-3H3. The number of ether oxygens (including phenoxy) is 3. The predicted molar refractivity (Wildman–Crippen MR) is 114 cm³/mol. The maximum atomic E-state index is 12.1. The summed E-state index contributed by atoms with van der Waals surface area (Å²) in [6, 6.07) is 17.0. The van der Waals surface area contributed by atoms with Gasteiger partial charge in [0.25, 0.3) is 0 Å². The molecular formula is C23H22ClNO5. The predicted octanol–water partition coefficient (Wildman–Crippen LogP) is 5.02. The molecule has 1 N–H and O–H groups in total. The van der Waals surface area contributed by atoms with E-state index in [0.717, 1.165) is 22.4 Å². The SMILES string of the molecule is COC(=O)CC1=C(OC(=O)OC)C(c2ccccc2Cl)C(c2ccccc2)=C(C)N1. The van der Waals surface area contributed by atoms with Crippen LogP contribution < -0.4 is 5.32 Å². The monoisotopic (exact) mass is 427 g/mol. The van der Waals surface area contributed by atoms with Crippen LogP contribution in [0, 0.1) is 0 Å². The van der Waals surface area contributed by atoms with Crippen molar-refractivity contribution in [1.82, 2.24) is 5.32 Å². The van der Waals surface area contributed by atoms with Crippen molar-refractivity contribution in [3.05, 3.63) is 87.9 Å². The van der Waals surface area contributed by atoms with E-state index in [0.29, 0.717) is 10.7 Å². The highest BCUT2D eigenvalue weighted by molar-refractivity contribution is 6.31. The van der Waals surface area contributed by atoms with Crippen LogP contribution in [0.2, 0.25) is 5.02 Å². The number of esters is 1. The normalized spacial score (nSPS) is 16.1. The summed E-state index contributed by atoms with van der Waals surface area (Å²) in [4.78, 5) is 24.1. The largest absolute Gasteiger partial charge is 0.513 e. The van der Waals surface area contributed by atoms with E-state index in [1.807, 2.05) is 55.5 Å². The van der Waals surface area contributed by atoms with Gasteiger partial charge in [-0.1, -0.05) is 60.1 Å². The first-order valence-electron chi connectivity index (χ1n) is 9.29. The van der Waals surface area contributed by atoms with E-state index in [4.69, 9.17) is 25.8 Å². The molecule has 0 radical (unpaired) electrons. The van der Waals surface area contributed by atoms with Crippen molar-refractivity contribution >= 4 is 29.3 Å². The molecule has 0 fully saturated rings. The minimum atomic E-state index is -0.891. The van der Waals surface area contributed by atoms with Crippen LogP contribution in [0.15, 0.2) is 71.8 Å². The van der Waals surface area contributed by atoms with E-state index in [1.165, 1.54) is 14.2 Å². The molecule has 0 saturated carbocycles. The lowest BCUT2D eigenvalue weighted by molar-refractivity contribution is -0.139. The number of hydrogen-bond acceptors (Lipinski definition) is 6. The highest BCUT2D eigenvalue weighted by atomic mass is 35.5. The molecule has 3 rings (SSSR count). The average Bonchev–Trinajstić information content (AvgIpc) is 2.76. The molecule has 7 heteroatoms. The number of carbonyl (C=O) groups is 2. The molecule has 156 valence electrons. The smallest absolute Gasteiger partial charge is 0.469 e. The van der Waals surface area contributed by atoms with E-state index >= 15 is 0 Å². The second kappa shape index (κ2) is 9.50. The lowest BCUT2D eigenvalue weighted by Gasteiger charge is -2.33. The molecule has 1 heterocycles. The Bertz CT molecular complexity index is 1010. The first-order valence-corrected chi connectivity index (χ1v) is 9.67. The van der Waals surface area contributed by atoms with Crippen LogP contribution in [0.25, 0.3) is 5.57 Å². The molecule has 6 nitrogen and oxygen atoms in total. The summed E-state index contributed by atoms with van der Waals surface area (Å²) in [7, 11) is 2.53.